The van der Waals surface area contributed by atoms with Crippen LogP contribution in [0, 0.1) is 6.92 Å². The Bertz CT molecular complexity index is 705. The zero-order valence-corrected chi connectivity index (χ0v) is 10.7. The molecule has 90 valence electrons. The Morgan fingerprint density at radius 2 is 2.11 bits per heavy atom. The number of rotatable bonds is 2. The van der Waals surface area contributed by atoms with Gasteiger partial charge in [-0.3, -0.25) is 0 Å². The van der Waals surface area contributed by atoms with Crippen molar-refractivity contribution in [2.24, 2.45) is 0 Å². The summed E-state index contributed by atoms with van der Waals surface area (Å²) in [5.74, 6) is 0. The molecule has 0 radical (unpaired) electrons. The SMILES string of the molecule is Cc1cc2c(Sc3ccccc3N)nccn2n1. The molecule has 0 aliphatic carbocycles. The molecule has 0 aliphatic heterocycles. The molecule has 0 fully saturated rings. The summed E-state index contributed by atoms with van der Waals surface area (Å²) >= 11 is 1.56. The second-order valence-corrected chi connectivity index (χ2v) is 5.02. The number of hydrogen-bond donors (Lipinski definition) is 1. The lowest BCUT2D eigenvalue weighted by Gasteiger charge is -2.05. The van der Waals surface area contributed by atoms with E-state index in [1.54, 1.807) is 18.0 Å². The number of anilines is 1. The molecule has 2 heterocycles. The molecule has 3 aromatic rings. The van der Waals surface area contributed by atoms with Crippen LogP contribution < -0.4 is 5.73 Å². The predicted molar refractivity (Wildman–Crippen MR) is 72.7 cm³/mol. The summed E-state index contributed by atoms with van der Waals surface area (Å²) in [7, 11) is 0. The molecule has 2 N–H and O–H groups in total. The molecular formula is C13H12N4S. The summed E-state index contributed by atoms with van der Waals surface area (Å²) in [6.45, 7) is 1.97. The van der Waals surface area contributed by atoms with Gasteiger partial charge in [0.1, 0.15) is 5.03 Å². The molecule has 0 saturated carbocycles. The second-order valence-electron chi connectivity index (χ2n) is 3.99. The zero-order valence-electron chi connectivity index (χ0n) is 9.87. The van der Waals surface area contributed by atoms with Crippen molar-refractivity contribution < 1.29 is 0 Å². The van der Waals surface area contributed by atoms with Crippen molar-refractivity contribution in [3.8, 4) is 0 Å². The van der Waals surface area contributed by atoms with Gasteiger partial charge in [-0.05, 0) is 25.1 Å². The van der Waals surface area contributed by atoms with E-state index in [0.717, 1.165) is 26.8 Å². The van der Waals surface area contributed by atoms with Crippen molar-refractivity contribution in [1.29, 1.82) is 0 Å². The van der Waals surface area contributed by atoms with Gasteiger partial charge in [0.05, 0.1) is 11.2 Å². The van der Waals surface area contributed by atoms with E-state index in [0.29, 0.717) is 0 Å². The standard InChI is InChI=1S/C13H12N4S/c1-9-8-11-13(15-6-7-17(11)16-9)18-12-5-3-2-4-10(12)14/h2-8H,14H2,1H3. The van der Waals surface area contributed by atoms with E-state index in [4.69, 9.17) is 5.73 Å². The van der Waals surface area contributed by atoms with E-state index in [2.05, 4.69) is 10.1 Å². The number of nitrogens with zero attached hydrogens (tertiary/aromatic N) is 3. The second kappa shape index (κ2) is 4.34. The third-order valence-corrected chi connectivity index (χ3v) is 3.70. The van der Waals surface area contributed by atoms with Crippen LogP contribution in [0.3, 0.4) is 0 Å². The Morgan fingerprint density at radius 1 is 1.28 bits per heavy atom. The molecule has 4 nitrogen and oxygen atoms in total. The van der Waals surface area contributed by atoms with Gasteiger partial charge < -0.3 is 5.73 Å². The molecule has 0 saturated heterocycles. The summed E-state index contributed by atoms with van der Waals surface area (Å²) in [5, 5.41) is 5.28. The molecular weight excluding hydrogens is 244 g/mol. The van der Waals surface area contributed by atoms with E-state index in [-0.39, 0.29) is 0 Å². The molecule has 0 amide bonds. The molecule has 3 rings (SSSR count). The number of fused-ring (bicyclic) bond motifs is 1. The molecule has 1 aromatic carbocycles. The minimum atomic E-state index is 0.766. The molecule has 0 spiro atoms. The van der Waals surface area contributed by atoms with Crippen LogP contribution in [0.1, 0.15) is 5.69 Å². The zero-order chi connectivity index (χ0) is 12.5. The van der Waals surface area contributed by atoms with Gasteiger partial charge in [-0.2, -0.15) is 5.10 Å². The Labute approximate surface area is 109 Å². The number of para-hydroxylation sites is 1. The molecule has 0 atom stereocenters. The Kier molecular flexibility index (Phi) is 2.68. The summed E-state index contributed by atoms with van der Waals surface area (Å²) < 4.78 is 1.84. The van der Waals surface area contributed by atoms with Crippen molar-refractivity contribution >= 4 is 23.0 Å². The highest BCUT2D eigenvalue weighted by atomic mass is 32.2. The molecule has 18 heavy (non-hydrogen) atoms. The Balaban J connectivity index is 2.07. The summed E-state index contributed by atoms with van der Waals surface area (Å²) in [5.41, 5.74) is 8.69. The van der Waals surface area contributed by atoms with Gasteiger partial charge in [-0.25, -0.2) is 9.50 Å². The van der Waals surface area contributed by atoms with E-state index < -0.39 is 0 Å². The fourth-order valence-electron chi connectivity index (χ4n) is 1.78. The number of aromatic nitrogens is 3. The topological polar surface area (TPSA) is 56.2 Å². The maximum absolute atomic E-state index is 5.95. The summed E-state index contributed by atoms with van der Waals surface area (Å²) in [4.78, 5) is 5.41. The molecule has 0 aliphatic rings. The fraction of sp³-hybridized carbons (Fsp3) is 0.0769. The van der Waals surface area contributed by atoms with Crippen LogP contribution in [0.5, 0.6) is 0 Å². The quantitative estimate of drug-likeness (QED) is 0.716. The van der Waals surface area contributed by atoms with E-state index in [9.17, 15) is 0 Å². The average molecular weight is 256 g/mol. The third kappa shape index (κ3) is 1.93. The lowest BCUT2D eigenvalue weighted by molar-refractivity contribution is 0.899. The number of nitrogens with two attached hydrogens (primary N) is 1. The summed E-state index contributed by atoms with van der Waals surface area (Å²) in [6, 6.07) is 9.81. The van der Waals surface area contributed by atoms with Crippen molar-refractivity contribution in [2.75, 3.05) is 5.73 Å². The van der Waals surface area contributed by atoms with Crippen LogP contribution in [0.15, 0.2) is 52.6 Å². The number of hydrogen-bond acceptors (Lipinski definition) is 4. The first-order chi connectivity index (χ1) is 8.74. The van der Waals surface area contributed by atoms with Gasteiger partial charge in [0.2, 0.25) is 0 Å². The lowest BCUT2D eigenvalue weighted by atomic mass is 10.3. The molecule has 0 unspecified atom stereocenters. The lowest BCUT2D eigenvalue weighted by Crippen LogP contribution is -1.92. The minimum Gasteiger partial charge on any atom is -0.398 e. The van der Waals surface area contributed by atoms with Crippen molar-refractivity contribution in [3.05, 3.63) is 48.4 Å². The highest BCUT2D eigenvalue weighted by Crippen LogP contribution is 2.32. The molecule has 5 heteroatoms. The maximum atomic E-state index is 5.95. The van der Waals surface area contributed by atoms with E-state index in [1.165, 1.54) is 0 Å². The number of aryl methyl sites for hydroxylation is 1. The summed E-state index contributed by atoms with van der Waals surface area (Å²) in [6.07, 6.45) is 3.60. The van der Waals surface area contributed by atoms with E-state index >= 15 is 0 Å². The van der Waals surface area contributed by atoms with Gasteiger partial charge in [-0.15, -0.1) is 0 Å². The highest BCUT2D eigenvalue weighted by Gasteiger charge is 2.08. The first kappa shape index (κ1) is 11.1. The smallest absolute Gasteiger partial charge is 0.127 e. The van der Waals surface area contributed by atoms with Gasteiger partial charge in [0, 0.05) is 23.0 Å². The van der Waals surface area contributed by atoms with Crippen LogP contribution in [0.25, 0.3) is 5.52 Å². The van der Waals surface area contributed by atoms with Crippen LogP contribution in [-0.4, -0.2) is 14.6 Å². The van der Waals surface area contributed by atoms with Crippen molar-refractivity contribution in [2.45, 2.75) is 16.8 Å². The van der Waals surface area contributed by atoms with Crippen LogP contribution in [0.2, 0.25) is 0 Å². The van der Waals surface area contributed by atoms with Gasteiger partial charge in [-0.1, -0.05) is 23.9 Å². The monoisotopic (exact) mass is 256 g/mol. The first-order valence-electron chi connectivity index (χ1n) is 5.57. The van der Waals surface area contributed by atoms with Crippen LogP contribution in [-0.2, 0) is 0 Å². The van der Waals surface area contributed by atoms with Crippen LogP contribution in [0.4, 0.5) is 5.69 Å². The normalized spacial score (nSPS) is 10.9. The van der Waals surface area contributed by atoms with Crippen molar-refractivity contribution in [3.63, 3.8) is 0 Å². The highest BCUT2D eigenvalue weighted by molar-refractivity contribution is 7.99. The number of nitrogen functional groups attached to an aromatic ring is 1. The van der Waals surface area contributed by atoms with Gasteiger partial charge in [0.15, 0.2) is 0 Å². The fourth-order valence-corrected chi connectivity index (χ4v) is 2.69. The van der Waals surface area contributed by atoms with Crippen LogP contribution >= 0.6 is 11.8 Å². The average Bonchev–Trinajstić information content (AvgIpc) is 2.73. The first-order valence-corrected chi connectivity index (χ1v) is 6.39. The minimum absolute atomic E-state index is 0.766. The molecule has 0 bridgehead atoms. The Morgan fingerprint density at radius 3 is 2.94 bits per heavy atom. The largest absolute Gasteiger partial charge is 0.398 e. The van der Waals surface area contributed by atoms with Gasteiger partial charge >= 0.3 is 0 Å². The maximum Gasteiger partial charge on any atom is 0.127 e. The number of benzene rings is 1. The van der Waals surface area contributed by atoms with Crippen molar-refractivity contribution in [1.82, 2.24) is 14.6 Å². The molecule has 2 aromatic heterocycles. The van der Waals surface area contributed by atoms with E-state index in [1.807, 2.05) is 48.0 Å². The third-order valence-electron chi connectivity index (χ3n) is 2.60. The van der Waals surface area contributed by atoms with Gasteiger partial charge in [0.25, 0.3) is 0 Å². The Hall–Kier alpha value is -2.01. The predicted octanol–water partition coefficient (Wildman–Crippen LogP) is 2.77.